The number of guanidine groups is 1. The molecule has 0 saturated heterocycles. The molecule has 6 heteroatoms. The van der Waals surface area contributed by atoms with Crippen LogP contribution < -0.4 is 16.6 Å². The van der Waals surface area contributed by atoms with Gasteiger partial charge in [0.05, 0.1) is 6.54 Å². The van der Waals surface area contributed by atoms with Crippen molar-refractivity contribution in [3.8, 4) is 0 Å². The minimum atomic E-state index is 0.580. The number of rotatable bonds is 6. The molecule has 0 bridgehead atoms. The topological polar surface area (TPSA) is 71.7 Å². The zero-order valence-corrected chi connectivity index (χ0v) is 12.0. The third-order valence-corrected chi connectivity index (χ3v) is 2.76. The van der Waals surface area contributed by atoms with Crippen molar-refractivity contribution >= 4 is 21.9 Å². The fraction of sp³-hybridized carbons (Fsp3) is 0.417. The van der Waals surface area contributed by atoms with Crippen LogP contribution in [0.25, 0.3) is 0 Å². The molecule has 0 aliphatic rings. The van der Waals surface area contributed by atoms with E-state index in [0.717, 1.165) is 29.6 Å². The molecule has 0 amide bonds. The lowest BCUT2D eigenvalue weighted by Crippen LogP contribution is -2.42. The molecule has 0 fully saturated rings. The highest BCUT2D eigenvalue weighted by Gasteiger charge is 1.96. The lowest BCUT2D eigenvalue weighted by atomic mass is 10.2. The van der Waals surface area contributed by atoms with E-state index in [2.05, 4.69) is 31.7 Å². The van der Waals surface area contributed by atoms with E-state index in [0.29, 0.717) is 12.5 Å². The van der Waals surface area contributed by atoms with Crippen LogP contribution in [-0.4, -0.2) is 26.2 Å². The summed E-state index contributed by atoms with van der Waals surface area (Å²) < 4.78 is 6.01. The molecule has 0 aliphatic carbocycles. The highest BCUT2D eigenvalue weighted by atomic mass is 79.9. The number of aliphatic imine (C=N–C) groups is 1. The fourth-order valence-electron chi connectivity index (χ4n) is 1.38. The highest BCUT2D eigenvalue weighted by Crippen LogP contribution is 2.12. The zero-order chi connectivity index (χ0) is 13.2. The van der Waals surface area contributed by atoms with Gasteiger partial charge < -0.3 is 10.1 Å². The zero-order valence-electron chi connectivity index (χ0n) is 10.4. The van der Waals surface area contributed by atoms with Gasteiger partial charge in [0.25, 0.3) is 0 Å². The molecular weight excluding hydrogens is 296 g/mol. The van der Waals surface area contributed by atoms with Gasteiger partial charge in [-0.25, -0.2) is 10.8 Å². The van der Waals surface area contributed by atoms with Crippen molar-refractivity contribution in [2.75, 3.05) is 20.3 Å². The van der Waals surface area contributed by atoms with Crippen molar-refractivity contribution in [3.05, 3.63) is 34.3 Å². The Hall–Kier alpha value is -1.11. The van der Waals surface area contributed by atoms with E-state index in [-0.39, 0.29) is 0 Å². The van der Waals surface area contributed by atoms with Crippen LogP contribution in [0.15, 0.2) is 33.7 Å². The molecule has 0 spiro atoms. The summed E-state index contributed by atoms with van der Waals surface area (Å²) in [4.78, 5) is 4.36. The van der Waals surface area contributed by atoms with Gasteiger partial charge in [-0.05, 0) is 24.1 Å². The molecule has 5 nitrogen and oxygen atoms in total. The van der Waals surface area contributed by atoms with E-state index in [1.165, 1.54) is 0 Å². The molecule has 100 valence electrons. The number of ether oxygens (including phenoxy) is 1. The number of methoxy groups -OCH3 is 1. The SMILES string of the molecule is COCCCNC(=NCc1cccc(Br)c1)NN. The molecule has 1 aromatic rings. The van der Waals surface area contributed by atoms with Gasteiger partial charge >= 0.3 is 0 Å². The first kappa shape index (κ1) is 14.9. The Bertz CT molecular complexity index is 384. The number of benzene rings is 1. The lowest BCUT2D eigenvalue weighted by molar-refractivity contribution is 0.195. The average Bonchev–Trinajstić information content (AvgIpc) is 2.38. The van der Waals surface area contributed by atoms with Gasteiger partial charge in [0, 0.05) is 24.7 Å². The standard InChI is InChI=1S/C12H19BrN4O/c1-18-7-3-6-15-12(17-14)16-9-10-4-2-5-11(13)8-10/h2,4-5,8H,3,6-7,9,14H2,1H3,(H2,15,16,17). The van der Waals surface area contributed by atoms with E-state index in [4.69, 9.17) is 10.6 Å². The Morgan fingerprint density at radius 3 is 3.00 bits per heavy atom. The molecule has 0 atom stereocenters. The summed E-state index contributed by atoms with van der Waals surface area (Å²) in [6.45, 7) is 2.07. The molecular formula is C12H19BrN4O. The van der Waals surface area contributed by atoms with E-state index in [1.54, 1.807) is 7.11 Å². The van der Waals surface area contributed by atoms with Crippen LogP contribution >= 0.6 is 15.9 Å². The number of halogens is 1. The minimum Gasteiger partial charge on any atom is -0.385 e. The summed E-state index contributed by atoms with van der Waals surface area (Å²) in [7, 11) is 1.68. The third-order valence-electron chi connectivity index (χ3n) is 2.26. The van der Waals surface area contributed by atoms with Crippen molar-refractivity contribution in [3.63, 3.8) is 0 Å². The summed E-state index contributed by atoms with van der Waals surface area (Å²) in [5, 5.41) is 3.11. The molecule has 0 saturated carbocycles. The molecule has 0 radical (unpaired) electrons. The summed E-state index contributed by atoms with van der Waals surface area (Å²) in [5.41, 5.74) is 3.67. The first-order valence-corrected chi connectivity index (χ1v) is 6.54. The van der Waals surface area contributed by atoms with Gasteiger partial charge in [-0.2, -0.15) is 0 Å². The maximum absolute atomic E-state index is 5.40. The molecule has 0 aliphatic heterocycles. The summed E-state index contributed by atoms with van der Waals surface area (Å²) in [6, 6.07) is 8.02. The van der Waals surface area contributed by atoms with Crippen LogP contribution in [-0.2, 0) is 11.3 Å². The number of hydrogen-bond acceptors (Lipinski definition) is 3. The van der Waals surface area contributed by atoms with E-state index in [1.807, 2.05) is 24.3 Å². The first-order chi connectivity index (χ1) is 8.76. The van der Waals surface area contributed by atoms with E-state index < -0.39 is 0 Å². The highest BCUT2D eigenvalue weighted by molar-refractivity contribution is 9.10. The first-order valence-electron chi connectivity index (χ1n) is 5.74. The Balaban J connectivity index is 2.42. The second-order valence-corrected chi connectivity index (χ2v) is 4.63. The van der Waals surface area contributed by atoms with Crippen molar-refractivity contribution in [2.24, 2.45) is 10.8 Å². The van der Waals surface area contributed by atoms with Crippen LogP contribution in [0.5, 0.6) is 0 Å². The van der Waals surface area contributed by atoms with Crippen molar-refractivity contribution < 1.29 is 4.74 Å². The Morgan fingerprint density at radius 2 is 2.33 bits per heavy atom. The minimum absolute atomic E-state index is 0.580. The molecule has 1 aromatic carbocycles. The van der Waals surface area contributed by atoms with Gasteiger partial charge in [0.1, 0.15) is 0 Å². The van der Waals surface area contributed by atoms with Crippen LogP contribution in [0.1, 0.15) is 12.0 Å². The molecule has 0 unspecified atom stereocenters. The number of hydrazine groups is 1. The quantitative estimate of drug-likeness (QED) is 0.244. The van der Waals surface area contributed by atoms with E-state index >= 15 is 0 Å². The van der Waals surface area contributed by atoms with Crippen LogP contribution in [0, 0.1) is 0 Å². The van der Waals surface area contributed by atoms with Gasteiger partial charge in [-0.1, -0.05) is 28.1 Å². The summed E-state index contributed by atoms with van der Waals surface area (Å²) in [6.07, 6.45) is 0.911. The number of hydrogen-bond donors (Lipinski definition) is 3. The molecule has 0 aromatic heterocycles. The van der Waals surface area contributed by atoms with Crippen molar-refractivity contribution in [1.29, 1.82) is 0 Å². The second kappa shape index (κ2) is 8.91. The summed E-state index contributed by atoms with van der Waals surface area (Å²) in [5.74, 6) is 5.99. The Labute approximate surface area is 116 Å². The van der Waals surface area contributed by atoms with E-state index in [9.17, 15) is 0 Å². The molecule has 0 heterocycles. The monoisotopic (exact) mass is 314 g/mol. The normalized spacial score (nSPS) is 11.4. The Morgan fingerprint density at radius 1 is 1.50 bits per heavy atom. The largest absolute Gasteiger partial charge is 0.385 e. The van der Waals surface area contributed by atoms with Crippen LogP contribution in [0.4, 0.5) is 0 Å². The lowest BCUT2D eigenvalue weighted by Gasteiger charge is -2.08. The van der Waals surface area contributed by atoms with Crippen LogP contribution in [0.3, 0.4) is 0 Å². The van der Waals surface area contributed by atoms with Gasteiger partial charge in [-0.15, -0.1) is 0 Å². The molecule has 4 N–H and O–H groups in total. The smallest absolute Gasteiger partial charge is 0.206 e. The van der Waals surface area contributed by atoms with Crippen molar-refractivity contribution in [2.45, 2.75) is 13.0 Å². The maximum Gasteiger partial charge on any atom is 0.206 e. The van der Waals surface area contributed by atoms with Gasteiger partial charge in [0.15, 0.2) is 0 Å². The number of nitrogens with two attached hydrogens (primary N) is 1. The van der Waals surface area contributed by atoms with Gasteiger partial charge in [0.2, 0.25) is 5.96 Å². The number of nitrogens with one attached hydrogen (secondary N) is 2. The third kappa shape index (κ3) is 6.00. The van der Waals surface area contributed by atoms with Gasteiger partial charge in [-0.3, -0.25) is 5.43 Å². The number of nitrogens with zero attached hydrogens (tertiary/aromatic N) is 1. The fourth-order valence-corrected chi connectivity index (χ4v) is 1.83. The summed E-state index contributed by atoms with van der Waals surface area (Å²) >= 11 is 3.43. The second-order valence-electron chi connectivity index (χ2n) is 3.71. The molecule has 18 heavy (non-hydrogen) atoms. The van der Waals surface area contributed by atoms with Crippen molar-refractivity contribution in [1.82, 2.24) is 10.7 Å². The predicted octanol–water partition coefficient (Wildman–Crippen LogP) is 1.39. The predicted molar refractivity (Wildman–Crippen MR) is 77.1 cm³/mol. The maximum atomic E-state index is 5.40. The van der Waals surface area contributed by atoms with Crippen LogP contribution in [0.2, 0.25) is 0 Å². The molecule has 1 rings (SSSR count). The average molecular weight is 315 g/mol. The Kier molecular flexibility index (Phi) is 7.40.